The van der Waals surface area contributed by atoms with Gasteiger partial charge < -0.3 is 10.1 Å². The van der Waals surface area contributed by atoms with Gasteiger partial charge in [0, 0.05) is 6.20 Å². The summed E-state index contributed by atoms with van der Waals surface area (Å²) in [6, 6.07) is 12.6. The van der Waals surface area contributed by atoms with Gasteiger partial charge in [0.2, 0.25) is 0 Å². The molecule has 0 aliphatic carbocycles. The molecule has 0 unspecified atom stereocenters. The fraction of sp³-hybridized carbons (Fsp3) is 0.125. The lowest BCUT2D eigenvalue weighted by atomic mass is 10.3. The summed E-state index contributed by atoms with van der Waals surface area (Å²) in [5.74, 6) is 0.529. The van der Waals surface area contributed by atoms with E-state index in [0.717, 1.165) is 11.4 Å². The average Bonchev–Trinajstić information content (AvgIpc) is 3.09. The van der Waals surface area contributed by atoms with Crippen molar-refractivity contribution in [3.8, 4) is 11.4 Å². The van der Waals surface area contributed by atoms with Gasteiger partial charge in [-0.25, -0.2) is 4.68 Å². The molecular formula is C16H15N5O2. The van der Waals surface area contributed by atoms with E-state index in [1.165, 1.54) is 0 Å². The minimum atomic E-state index is -0.246. The molecular weight excluding hydrogens is 294 g/mol. The first-order valence-electron chi connectivity index (χ1n) is 7.01. The van der Waals surface area contributed by atoms with Gasteiger partial charge in [0.25, 0.3) is 5.91 Å². The van der Waals surface area contributed by atoms with E-state index >= 15 is 0 Å². The topological polar surface area (TPSA) is 81.9 Å². The van der Waals surface area contributed by atoms with E-state index in [1.807, 2.05) is 24.3 Å². The Hall–Kier alpha value is -3.22. The standard InChI is InChI=1S/C16H15N5O2/c1-23-14-7-5-13(6-8-14)21-11-12(19-20-21)10-18-16(22)15-4-2-3-9-17-15/h2-9,11H,10H2,1H3,(H,18,22). The molecule has 0 saturated carbocycles. The SMILES string of the molecule is COc1ccc(-n2cc(CNC(=O)c3ccccn3)nn2)cc1. The highest BCUT2D eigenvalue weighted by Gasteiger charge is 2.08. The van der Waals surface area contributed by atoms with Crippen molar-refractivity contribution in [1.29, 1.82) is 0 Å². The average molecular weight is 309 g/mol. The molecule has 1 aromatic carbocycles. The van der Waals surface area contributed by atoms with Crippen LogP contribution in [0.5, 0.6) is 5.75 Å². The van der Waals surface area contributed by atoms with E-state index in [4.69, 9.17) is 4.74 Å². The predicted octanol–water partition coefficient (Wildman–Crippen LogP) is 1.60. The Kier molecular flexibility index (Phi) is 4.28. The Morgan fingerprint density at radius 3 is 2.74 bits per heavy atom. The van der Waals surface area contributed by atoms with Gasteiger partial charge in [0.1, 0.15) is 17.1 Å². The van der Waals surface area contributed by atoms with Crippen LogP contribution >= 0.6 is 0 Å². The lowest BCUT2D eigenvalue weighted by Crippen LogP contribution is -2.23. The van der Waals surface area contributed by atoms with Crippen molar-refractivity contribution in [2.75, 3.05) is 7.11 Å². The highest BCUT2D eigenvalue weighted by atomic mass is 16.5. The number of methoxy groups -OCH3 is 1. The van der Waals surface area contributed by atoms with Crippen LogP contribution < -0.4 is 10.1 Å². The van der Waals surface area contributed by atoms with Crippen molar-refractivity contribution in [3.05, 3.63) is 66.2 Å². The summed E-state index contributed by atoms with van der Waals surface area (Å²) in [4.78, 5) is 15.9. The zero-order valence-corrected chi connectivity index (χ0v) is 12.5. The van der Waals surface area contributed by atoms with Gasteiger partial charge >= 0.3 is 0 Å². The van der Waals surface area contributed by atoms with Crippen LogP contribution in [0.1, 0.15) is 16.2 Å². The molecule has 0 saturated heterocycles. The summed E-state index contributed by atoms with van der Waals surface area (Å²) in [6.45, 7) is 0.283. The molecule has 0 aliphatic rings. The second kappa shape index (κ2) is 6.69. The number of amides is 1. The van der Waals surface area contributed by atoms with E-state index in [2.05, 4.69) is 20.6 Å². The molecule has 7 nitrogen and oxygen atoms in total. The number of pyridine rings is 1. The van der Waals surface area contributed by atoms with Gasteiger partial charge in [-0.3, -0.25) is 9.78 Å². The number of nitrogens with one attached hydrogen (secondary N) is 1. The Labute approximate surface area is 132 Å². The summed E-state index contributed by atoms with van der Waals surface area (Å²) >= 11 is 0. The number of benzene rings is 1. The monoisotopic (exact) mass is 309 g/mol. The molecule has 7 heteroatoms. The van der Waals surface area contributed by atoms with E-state index < -0.39 is 0 Å². The lowest BCUT2D eigenvalue weighted by Gasteiger charge is -2.02. The first kappa shape index (κ1) is 14.7. The van der Waals surface area contributed by atoms with E-state index in [-0.39, 0.29) is 12.5 Å². The molecule has 116 valence electrons. The Balaban J connectivity index is 1.64. The quantitative estimate of drug-likeness (QED) is 0.774. The normalized spacial score (nSPS) is 10.3. The molecule has 0 aliphatic heterocycles. The van der Waals surface area contributed by atoms with Crippen LogP contribution in [0.3, 0.4) is 0 Å². The summed E-state index contributed by atoms with van der Waals surface area (Å²) in [7, 11) is 1.62. The van der Waals surface area contributed by atoms with Crippen molar-refractivity contribution in [3.63, 3.8) is 0 Å². The van der Waals surface area contributed by atoms with Crippen molar-refractivity contribution >= 4 is 5.91 Å². The van der Waals surface area contributed by atoms with Crippen molar-refractivity contribution in [2.24, 2.45) is 0 Å². The van der Waals surface area contributed by atoms with Crippen LogP contribution in [0, 0.1) is 0 Å². The number of carbonyl (C=O) groups is 1. The summed E-state index contributed by atoms with van der Waals surface area (Å²) < 4.78 is 6.76. The largest absolute Gasteiger partial charge is 0.497 e. The Morgan fingerprint density at radius 2 is 2.04 bits per heavy atom. The third-order valence-electron chi connectivity index (χ3n) is 3.21. The molecule has 0 atom stereocenters. The molecule has 0 spiro atoms. The first-order valence-corrected chi connectivity index (χ1v) is 7.01. The number of nitrogens with zero attached hydrogens (tertiary/aromatic N) is 4. The summed E-state index contributed by atoms with van der Waals surface area (Å²) in [5.41, 5.74) is 1.89. The van der Waals surface area contributed by atoms with Crippen LogP contribution in [0.15, 0.2) is 54.9 Å². The number of hydrogen-bond donors (Lipinski definition) is 1. The van der Waals surface area contributed by atoms with Gasteiger partial charge in [0.05, 0.1) is 25.5 Å². The fourth-order valence-corrected chi connectivity index (χ4v) is 2.00. The number of ether oxygens (including phenoxy) is 1. The van der Waals surface area contributed by atoms with Crippen molar-refractivity contribution in [2.45, 2.75) is 6.54 Å². The highest BCUT2D eigenvalue weighted by molar-refractivity contribution is 5.92. The van der Waals surface area contributed by atoms with Crippen molar-refractivity contribution < 1.29 is 9.53 Å². The van der Waals surface area contributed by atoms with Crippen LogP contribution in [0.4, 0.5) is 0 Å². The molecule has 0 fully saturated rings. The predicted molar refractivity (Wildman–Crippen MR) is 83.3 cm³/mol. The number of aromatic nitrogens is 4. The summed E-state index contributed by atoms with van der Waals surface area (Å²) in [5, 5.41) is 10.9. The zero-order valence-electron chi connectivity index (χ0n) is 12.5. The number of carbonyl (C=O) groups excluding carboxylic acids is 1. The van der Waals surface area contributed by atoms with Gasteiger partial charge in [-0.1, -0.05) is 11.3 Å². The highest BCUT2D eigenvalue weighted by Crippen LogP contribution is 2.14. The number of rotatable bonds is 5. The minimum Gasteiger partial charge on any atom is -0.497 e. The third-order valence-corrected chi connectivity index (χ3v) is 3.21. The minimum absolute atomic E-state index is 0.246. The molecule has 3 rings (SSSR count). The van der Waals surface area contributed by atoms with E-state index in [1.54, 1.807) is 42.4 Å². The maximum Gasteiger partial charge on any atom is 0.270 e. The van der Waals surface area contributed by atoms with Crippen LogP contribution in [-0.4, -0.2) is 33.0 Å². The molecule has 0 radical (unpaired) electrons. The van der Waals surface area contributed by atoms with E-state index in [9.17, 15) is 4.79 Å². The van der Waals surface area contributed by atoms with Crippen molar-refractivity contribution in [1.82, 2.24) is 25.3 Å². The number of hydrogen-bond acceptors (Lipinski definition) is 5. The lowest BCUT2D eigenvalue weighted by molar-refractivity contribution is 0.0945. The molecule has 23 heavy (non-hydrogen) atoms. The Bertz CT molecular complexity index is 784. The summed E-state index contributed by atoms with van der Waals surface area (Å²) in [6.07, 6.45) is 3.34. The molecule has 2 aromatic heterocycles. The van der Waals surface area contributed by atoms with Gasteiger partial charge in [-0.15, -0.1) is 5.10 Å². The molecule has 3 aromatic rings. The maximum absolute atomic E-state index is 11.9. The van der Waals surface area contributed by atoms with Gasteiger partial charge in [-0.05, 0) is 36.4 Å². The van der Waals surface area contributed by atoms with Crippen LogP contribution in [0.2, 0.25) is 0 Å². The van der Waals surface area contributed by atoms with Gasteiger partial charge in [0.15, 0.2) is 0 Å². The maximum atomic E-state index is 11.9. The Morgan fingerprint density at radius 1 is 1.22 bits per heavy atom. The molecule has 1 amide bonds. The molecule has 1 N–H and O–H groups in total. The fourth-order valence-electron chi connectivity index (χ4n) is 2.00. The smallest absolute Gasteiger partial charge is 0.270 e. The van der Waals surface area contributed by atoms with Crippen LogP contribution in [-0.2, 0) is 6.54 Å². The third kappa shape index (κ3) is 3.52. The molecule has 2 heterocycles. The van der Waals surface area contributed by atoms with Gasteiger partial charge in [-0.2, -0.15) is 0 Å². The second-order valence-electron chi connectivity index (χ2n) is 4.75. The first-order chi connectivity index (χ1) is 11.3. The second-order valence-corrected chi connectivity index (χ2v) is 4.75. The molecule has 0 bridgehead atoms. The van der Waals surface area contributed by atoms with Crippen LogP contribution in [0.25, 0.3) is 5.69 Å². The zero-order chi connectivity index (χ0) is 16.1. The van der Waals surface area contributed by atoms with E-state index in [0.29, 0.717) is 11.4 Å².